The summed E-state index contributed by atoms with van der Waals surface area (Å²) in [6.07, 6.45) is -0.233. The number of methoxy groups -OCH3 is 2. The van der Waals surface area contributed by atoms with E-state index in [1.165, 1.54) is 6.92 Å². The minimum Gasteiger partial charge on any atom is -0.355 e. The van der Waals surface area contributed by atoms with Crippen molar-refractivity contribution < 1.29 is 14.3 Å². The van der Waals surface area contributed by atoms with Crippen LogP contribution in [0.2, 0.25) is 0 Å². The molecule has 0 fully saturated rings. The third kappa shape index (κ3) is 5.27. The highest BCUT2D eigenvalue weighted by molar-refractivity contribution is 5.88. The van der Waals surface area contributed by atoms with Gasteiger partial charge in [-0.25, -0.2) is 0 Å². The van der Waals surface area contributed by atoms with Crippen LogP contribution < -0.4 is 10.6 Å². The molecule has 5 heteroatoms. The second kappa shape index (κ2) is 7.81. The van der Waals surface area contributed by atoms with Gasteiger partial charge in [0.15, 0.2) is 6.29 Å². The summed E-state index contributed by atoms with van der Waals surface area (Å²) >= 11 is 0. The van der Waals surface area contributed by atoms with Gasteiger partial charge in [-0.2, -0.15) is 0 Å². The zero-order chi connectivity index (χ0) is 13.4. The highest BCUT2D eigenvalue weighted by Gasteiger charge is 2.03. The van der Waals surface area contributed by atoms with Gasteiger partial charge >= 0.3 is 0 Å². The van der Waals surface area contributed by atoms with Gasteiger partial charge in [0.05, 0.1) is 0 Å². The van der Waals surface area contributed by atoms with Crippen molar-refractivity contribution in [3.8, 4) is 0 Å². The smallest absolute Gasteiger partial charge is 0.221 e. The first-order valence-corrected chi connectivity index (χ1v) is 5.78. The first-order valence-electron chi connectivity index (χ1n) is 5.78. The van der Waals surface area contributed by atoms with Crippen molar-refractivity contribution in [1.29, 1.82) is 0 Å². The third-order valence-corrected chi connectivity index (χ3v) is 2.44. The van der Waals surface area contributed by atoms with E-state index in [0.717, 1.165) is 17.8 Å². The topological polar surface area (TPSA) is 59.6 Å². The summed E-state index contributed by atoms with van der Waals surface area (Å²) in [7, 11) is 3.22. The number of hydrogen-bond donors (Lipinski definition) is 2. The van der Waals surface area contributed by atoms with Crippen LogP contribution in [0.5, 0.6) is 0 Å². The minimum absolute atomic E-state index is 0.0658. The number of ether oxygens (including phenoxy) is 2. The number of anilines is 1. The molecule has 1 amide bonds. The van der Waals surface area contributed by atoms with Crippen LogP contribution in [0.25, 0.3) is 0 Å². The largest absolute Gasteiger partial charge is 0.355 e. The Labute approximate surface area is 107 Å². The Balaban J connectivity index is 2.37. The number of carbonyl (C=O) groups is 1. The lowest BCUT2D eigenvalue weighted by atomic mass is 10.2. The predicted octanol–water partition coefficient (Wildman–Crippen LogP) is 1.35. The van der Waals surface area contributed by atoms with E-state index in [1.54, 1.807) is 14.2 Å². The van der Waals surface area contributed by atoms with Gasteiger partial charge in [-0.1, -0.05) is 12.1 Å². The number of benzene rings is 1. The fourth-order valence-electron chi connectivity index (χ4n) is 1.51. The molecule has 0 aliphatic carbocycles. The van der Waals surface area contributed by atoms with Gasteiger partial charge in [0.2, 0.25) is 5.91 Å². The van der Waals surface area contributed by atoms with Crippen LogP contribution in [0.15, 0.2) is 24.3 Å². The average molecular weight is 252 g/mol. The first kappa shape index (κ1) is 14.6. The fourth-order valence-corrected chi connectivity index (χ4v) is 1.51. The molecule has 0 aliphatic heterocycles. The molecule has 1 aromatic rings. The van der Waals surface area contributed by atoms with Crippen molar-refractivity contribution in [2.45, 2.75) is 19.8 Å². The third-order valence-electron chi connectivity index (χ3n) is 2.44. The number of nitrogens with one attached hydrogen (secondary N) is 2. The molecule has 2 N–H and O–H groups in total. The number of hydrogen-bond acceptors (Lipinski definition) is 4. The standard InChI is InChI=1S/C13H20N2O3/c1-10(16)15-12-6-4-11(5-7-12)8-14-9-13(17-2)18-3/h4-7,13-14H,8-9H2,1-3H3,(H,15,16). The molecule has 0 radical (unpaired) electrons. The molecule has 100 valence electrons. The Morgan fingerprint density at radius 2 is 1.83 bits per heavy atom. The van der Waals surface area contributed by atoms with Crippen molar-refractivity contribution in [2.75, 3.05) is 26.1 Å². The summed E-state index contributed by atoms with van der Waals surface area (Å²) in [4.78, 5) is 10.9. The van der Waals surface area contributed by atoms with Crippen molar-refractivity contribution in [3.63, 3.8) is 0 Å². The van der Waals surface area contributed by atoms with E-state index in [9.17, 15) is 4.79 Å². The molecule has 18 heavy (non-hydrogen) atoms. The maximum Gasteiger partial charge on any atom is 0.221 e. The molecule has 0 bridgehead atoms. The molecule has 0 atom stereocenters. The van der Waals surface area contributed by atoms with Gasteiger partial charge in [-0.05, 0) is 17.7 Å². The van der Waals surface area contributed by atoms with Crippen LogP contribution >= 0.6 is 0 Å². The van der Waals surface area contributed by atoms with Crippen LogP contribution in [0.1, 0.15) is 12.5 Å². The zero-order valence-electron chi connectivity index (χ0n) is 11.0. The van der Waals surface area contributed by atoms with E-state index >= 15 is 0 Å². The number of rotatable bonds is 7. The van der Waals surface area contributed by atoms with Crippen molar-refractivity contribution in [1.82, 2.24) is 5.32 Å². The normalized spacial score (nSPS) is 10.7. The number of amides is 1. The molecular weight excluding hydrogens is 232 g/mol. The van der Waals surface area contributed by atoms with E-state index < -0.39 is 0 Å². The van der Waals surface area contributed by atoms with E-state index in [-0.39, 0.29) is 12.2 Å². The summed E-state index contributed by atoms with van der Waals surface area (Å²) in [6, 6.07) is 7.69. The van der Waals surface area contributed by atoms with Crippen molar-refractivity contribution in [2.24, 2.45) is 0 Å². The van der Waals surface area contributed by atoms with E-state index in [0.29, 0.717) is 6.54 Å². The van der Waals surface area contributed by atoms with E-state index in [2.05, 4.69) is 10.6 Å². The lowest BCUT2D eigenvalue weighted by Crippen LogP contribution is -2.29. The van der Waals surface area contributed by atoms with Crippen LogP contribution in [-0.2, 0) is 20.8 Å². The zero-order valence-corrected chi connectivity index (χ0v) is 11.0. The van der Waals surface area contributed by atoms with Crippen LogP contribution in [0.3, 0.4) is 0 Å². The lowest BCUT2D eigenvalue weighted by Gasteiger charge is -2.14. The van der Waals surface area contributed by atoms with Gasteiger partial charge < -0.3 is 20.1 Å². The Bertz CT molecular complexity index is 361. The van der Waals surface area contributed by atoms with Gasteiger partial charge in [0.1, 0.15) is 0 Å². The molecule has 0 saturated heterocycles. The van der Waals surface area contributed by atoms with Gasteiger partial charge in [-0.15, -0.1) is 0 Å². The Morgan fingerprint density at radius 1 is 1.22 bits per heavy atom. The molecular formula is C13H20N2O3. The summed E-state index contributed by atoms with van der Waals surface area (Å²) in [5, 5.41) is 5.95. The predicted molar refractivity (Wildman–Crippen MR) is 70.3 cm³/mol. The molecule has 0 heterocycles. The molecule has 0 aliphatic rings. The molecule has 0 aromatic heterocycles. The van der Waals surface area contributed by atoms with Crippen LogP contribution in [0, 0.1) is 0 Å². The second-order valence-corrected chi connectivity index (χ2v) is 3.91. The SMILES string of the molecule is COC(CNCc1ccc(NC(C)=O)cc1)OC. The van der Waals surface area contributed by atoms with E-state index in [1.807, 2.05) is 24.3 Å². The molecule has 0 spiro atoms. The average Bonchev–Trinajstić information content (AvgIpc) is 2.36. The molecule has 0 unspecified atom stereocenters. The van der Waals surface area contributed by atoms with Crippen LogP contribution in [0.4, 0.5) is 5.69 Å². The van der Waals surface area contributed by atoms with Crippen molar-refractivity contribution >= 4 is 11.6 Å². The summed E-state index contributed by atoms with van der Waals surface area (Å²) < 4.78 is 10.1. The summed E-state index contributed by atoms with van der Waals surface area (Å²) in [5.41, 5.74) is 1.94. The fraction of sp³-hybridized carbons (Fsp3) is 0.462. The Kier molecular flexibility index (Phi) is 6.35. The van der Waals surface area contributed by atoms with Crippen molar-refractivity contribution in [3.05, 3.63) is 29.8 Å². The maximum absolute atomic E-state index is 10.9. The lowest BCUT2D eigenvalue weighted by molar-refractivity contribution is -0.114. The highest BCUT2D eigenvalue weighted by Crippen LogP contribution is 2.09. The monoisotopic (exact) mass is 252 g/mol. The Morgan fingerprint density at radius 3 is 2.33 bits per heavy atom. The quantitative estimate of drug-likeness (QED) is 0.719. The van der Waals surface area contributed by atoms with Gasteiger partial charge in [0, 0.05) is 39.9 Å². The molecule has 5 nitrogen and oxygen atoms in total. The minimum atomic E-state index is -0.233. The number of carbonyl (C=O) groups excluding carboxylic acids is 1. The van der Waals surface area contributed by atoms with Gasteiger partial charge in [0.25, 0.3) is 0 Å². The molecule has 1 aromatic carbocycles. The molecule has 1 rings (SSSR count). The molecule has 0 saturated carbocycles. The highest BCUT2D eigenvalue weighted by atomic mass is 16.7. The van der Waals surface area contributed by atoms with Gasteiger partial charge in [-0.3, -0.25) is 4.79 Å². The summed E-state index contributed by atoms with van der Waals surface area (Å²) in [6.45, 7) is 2.84. The first-order chi connectivity index (χ1) is 8.65. The summed E-state index contributed by atoms with van der Waals surface area (Å²) in [5.74, 6) is -0.0658. The van der Waals surface area contributed by atoms with Crippen LogP contribution in [-0.4, -0.2) is 33.0 Å². The van der Waals surface area contributed by atoms with E-state index in [4.69, 9.17) is 9.47 Å². The Hall–Kier alpha value is -1.43. The second-order valence-electron chi connectivity index (χ2n) is 3.91. The maximum atomic E-state index is 10.9.